The van der Waals surface area contributed by atoms with Crippen molar-refractivity contribution < 1.29 is 14.6 Å². The Hall–Kier alpha value is -1.16. The van der Waals surface area contributed by atoms with Crippen LogP contribution in [0.2, 0.25) is 0 Å². The van der Waals surface area contributed by atoms with Crippen molar-refractivity contribution in [1.82, 2.24) is 0 Å². The van der Waals surface area contributed by atoms with Gasteiger partial charge in [-0.15, -0.1) is 0 Å². The van der Waals surface area contributed by atoms with Gasteiger partial charge < -0.3 is 14.6 Å². The van der Waals surface area contributed by atoms with Crippen molar-refractivity contribution in [2.45, 2.75) is 51.1 Å². The van der Waals surface area contributed by atoms with Gasteiger partial charge in [0.15, 0.2) is 5.79 Å². The fraction of sp³-hybridized carbons (Fsp3) is 0.556. The first kappa shape index (κ1) is 13.5. The highest BCUT2D eigenvalue weighted by atomic mass is 16.8. The maximum Gasteiger partial charge on any atom is 0.189 e. The van der Waals surface area contributed by atoms with Crippen LogP contribution in [-0.2, 0) is 15.9 Å². The summed E-state index contributed by atoms with van der Waals surface area (Å²) in [6.45, 7) is 4.32. The Kier molecular flexibility index (Phi) is 2.84. The number of benzene rings is 1. The number of hydrogen-bond acceptors (Lipinski definition) is 3. The lowest BCUT2D eigenvalue weighted by Gasteiger charge is -2.39. The van der Waals surface area contributed by atoms with Crippen LogP contribution in [0.25, 0.3) is 5.57 Å². The van der Waals surface area contributed by atoms with Crippen molar-refractivity contribution in [1.29, 1.82) is 0 Å². The first-order valence-corrected chi connectivity index (χ1v) is 7.86. The van der Waals surface area contributed by atoms with Crippen molar-refractivity contribution in [3.63, 3.8) is 0 Å². The SMILES string of the molecule is CC1OC2(C=C3c4ccccc4CC3(CO)CC2)OC1C. The minimum atomic E-state index is -0.593. The highest BCUT2D eigenvalue weighted by Gasteiger charge is 2.52. The predicted molar refractivity (Wildman–Crippen MR) is 80.7 cm³/mol. The molecule has 1 spiro atoms. The molecule has 0 saturated carbocycles. The Morgan fingerprint density at radius 2 is 1.86 bits per heavy atom. The first-order valence-electron chi connectivity index (χ1n) is 7.86. The van der Waals surface area contributed by atoms with Gasteiger partial charge in [0.1, 0.15) is 0 Å². The van der Waals surface area contributed by atoms with E-state index < -0.39 is 5.79 Å². The fourth-order valence-corrected chi connectivity index (χ4v) is 4.10. The molecule has 0 amide bonds. The molecule has 1 aromatic rings. The van der Waals surface area contributed by atoms with Crippen LogP contribution >= 0.6 is 0 Å². The van der Waals surface area contributed by atoms with Gasteiger partial charge in [-0.25, -0.2) is 0 Å². The van der Waals surface area contributed by atoms with Gasteiger partial charge >= 0.3 is 0 Å². The van der Waals surface area contributed by atoms with E-state index in [2.05, 4.69) is 44.2 Å². The Morgan fingerprint density at radius 1 is 1.14 bits per heavy atom. The lowest BCUT2D eigenvalue weighted by atomic mass is 9.72. The van der Waals surface area contributed by atoms with Crippen LogP contribution in [0.4, 0.5) is 0 Å². The van der Waals surface area contributed by atoms with E-state index in [-0.39, 0.29) is 24.2 Å². The third-order valence-electron chi connectivity index (χ3n) is 5.46. The third kappa shape index (κ3) is 1.84. The van der Waals surface area contributed by atoms with Gasteiger partial charge in [0.25, 0.3) is 0 Å². The van der Waals surface area contributed by atoms with Gasteiger partial charge in [0.05, 0.1) is 18.8 Å². The lowest BCUT2D eigenvalue weighted by molar-refractivity contribution is -0.147. The molecule has 3 unspecified atom stereocenters. The predicted octanol–water partition coefficient (Wildman–Crippen LogP) is 2.92. The monoisotopic (exact) mass is 286 g/mol. The lowest BCUT2D eigenvalue weighted by Crippen LogP contribution is -2.39. The number of aliphatic hydroxyl groups is 1. The molecule has 2 aliphatic carbocycles. The summed E-state index contributed by atoms with van der Waals surface area (Å²) in [5, 5.41) is 10.0. The standard InChI is InChI=1S/C18H22O3/c1-12-13(2)21-18(20-12)8-7-17(11-19)9-14-5-3-4-6-15(14)16(17)10-18/h3-6,10,12-13,19H,7-9,11H2,1-2H3. The van der Waals surface area contributed by atoms with E-state index in [1.165, 1.54) is 16.7 Å². The van der Waals surface area contributed by atoms with E-state index in [0.29, 0.717) is 0 Å². The highest BCUT2D eigenvalue weighted by Crippen LogP contribution is 2.55. The second-order valence-electron chi connectivity index (χ2n) is 6.79. The molecule has 1 aliphatic heterocycles. The number of rotatable bonds is 1. The zero-order valence-electron chi connectivity index (χ0n) is 12.6. The van der Waals surface area contributed by atoms with Gasteiger partial charge in [-0.05, 0) is 49.5 Å². The Morgan fingerprint density at radius 3 is 2.57 bits per heavy atom. The van der Waals surface area contributed by atoms with Crippen LogP contribution < -0.4 is 0 Å². The molecule has 1 aromatic carbocycles. The summed E-state index contributed by atoms with van der Waals surface area (Å²) in [6, 6.07) is 8.46. The summed E-state index contributed by atoms with van der Waals surface area (Å²) in [6.07, 6.45) is 5.02. The molecule has 3 aliphatic rings. The van der Waals surface area contributed by atoms with Crippen molar-refractivity contribution in [2.24, 2.45) is 5.41 Å². The molecule has 1 fully saturated rings. The summed E-state index contributed by atoms with van der Waals surface area (Å²) in [5.41, 5.74) is 3.66. The van der Waals surface area contributed by atoms with Crippen LogP contribution in [0.1, 0.15) is 37.8 Å². The van der Waals surface area contributed by atoms with E-state index >= 15 is 0 Å². The highest BCUT2D eigenvalue weighted by molar-refractivity contribution is 5.79. The summed E-state index contributed by atoms with van der Waals surface area (Å²) in [5.74, 6) is -0.593. The molecule has 3 nitrogen and oxygen atoms in total. The molecular weight excluding hydrogens is 264 g/mol. The normalized spacial score (nSPS) is 41.0. The molecule has 3 atom stereocenters. The number of hydrogen-bond donors (Lipinski definition) is 1. The largest absolute Gasteiger partial charge is 0.395 e. The molecule has 1 heterocycles. The van der Waals surface area contributed by atoms with Gasteiger partial charge in [0, 0.05) is 11.8 Å². The summed E-state index contributed by atoms with van der Waals surface area (Å²) < 4.78 is 12.3. The number of aliphatic hydroxyl groups excluding tert-OH is 1. The van der Waals surface area contributed by atoms with E-state index in [4.69, 9.17) is 9.47 Å². The topological polar surface area (TPSA) is 38.7 Å². The fourth-order valence-electron chi connectivity index (χ4n) is 4.10. The molecule has 1 saturated heterocycles. The second kappa shape index (κ2) is 4.42. The van der Waals surface area contributed by atoms with Crippen molar-refractivity contribution in [2.75, 3.05) is 6.61 Å². The summed E-state index contributed by atoms with van der Waals surface area (Å²) >= 11 is 0. The van der Waals surface area contributed by atoms with Crippen molar-refractivity contribution >= 4 is 5.57 Å². The molecule has 0 bridgehead atoms. The minimum Gasteiger partial charge on any atom is -0.395 e. The molecule has 0 aromatic heterocycles. The van der Waals surface area contributed by atoms with Crippen LogP contribution in [0.15, 0.2) is 30.3 Å². The van der Waals surface area contributed by atoms with Crippen LogP contribution in [0, 0.1) is 5.41 Å². The zero-order valence-corrected chi connectivity index (χ0v) is 12.6. The van der Waals surface area contributed by atoms with Crippen LogP contribution in [0.3, 0.4) is 0 Å². The summed E-state index contributed by atoms with van der Waals surface area (Å²) in [4.78, 5) is 0. The Balaban J connectivity index is 1.82. The average Bonchev–Trinajstić information content (AvgIpc) is 2.95. The maximum atomic E-state index is 10.0. The van der Waals surface area contributed by atoms with E-state index in [1.807, 2.05) is 0 Å². The quantitative estimate of drug-likeness (QED) is 0.862. The van der Waals surface area contributed by atoms with Gasteiger partial charge in [0.2, 0.25) is 0 Å². The number of ether oxygens (including phenoxy) is 2. The molecule has 21 heavy (non-hydrogen) atoms. The molecule has 112 valence electrons. The van der Waals surface area contributed by atoms with Crippen molar-refractivity contribution in [3.05, 3.63) is 41.5 Å². The minimum absolute atomic E-state index is 0.111. The molecule has 0 radical (unpaired) electrons. The van der Waals surface area contributed by atoms with Gasteiger partial charge in [-0.2, -0.15) is 0 Å². The molecule has 4 rings (SSSR count). The smallest absolute Gasteiger partial charge is 0.189 e. The molecular formula is C18H22O3. The number of fused-ring (bicyclic) bond motifs is 3. The van der Waals surface area contributed by atoms with E-state index in [0.717, 1.165) is 19.3 Å². The molecule has 3 heteroatoms. The second-order valence-corrected chi connectivity index (χ2v) is 6.79. The van der Waals surface area contributed by atoms with Crippen LogP contribution in [0.5, 0.6) is 0 Å². The maximum absolute atomic E-state index is 10.0. The Bertz CT molecular complexity index is 596. The van der Waals surface area contributed by atoms with Crippen molar-refractivity contribution in [3.8, 4) is 0 Å². The first-order chi connectivity index (χ1) is 10.1. The van der Waals surface area contributed by atoms with E-state index in [9.17, 15) is 5.11 Å². The molecule has 1 N–H and O–H groups in total. The van der Waals surface area contributed by atoms with Gasteiger partial charge in [-0.3, -0.25) is 0 Å². The van der Waals surface area contributed by atoms with Gasteiger partial charge in [-0.1, -0.05) is 24.3 Å². The zero-order chi connectivity index (χ0) is 14.7. The third-order valence-corrected chi connectivity index (χ3v) is 5.46. The summed E-state index contributed by atoms with van der Waals surface area (Å²) in [7, 11) is 0. The van der Waals surface area contributed by atoms with E-state index in [1.54, 1.807) is 0 Å². The average molecular weight is 286 g/mol. The van der Waals surface area contributed by atoms with Crippen LogP contribution in [-0.4, -0.2) is 29.7 Å². The Labute approximate surface area is 125 Å².